The minimum absolute atomic E-state index is 0.0215. The van der Waals surface area contributed by atoms with E-state index in [4.69, 9.17) is 15.2 Å². The zero-order valence-corrected chi connectivity index (χ0v) is 11.9. The van der Waals surface area contributed by atoms with E-state index in [2.05, 4.69) is 0 Å². The summed E-state index contributed by atoms with van der Waals surface area (Å²) in [5.41, 5.74) is 5.44. The van der Waals surface area contributed by atoms with Gasteiger partial charge in [-0.3, -0.25) is 14.9 Å². The highest BCUT2D eigenvalue weighted by molar-refractivity contribution is 5.99. The van der Waals surface area contributed by atoms with Crippen molar-refractivity contribution in [2.45, 2.75) is 12.5 Å². The molecule has 1 unspecified atom stereocenters. The normalized spacial score (nSPS) is 17.7. The molecule has 0 saturated carbocycles. The van der Waals surface area contributed by atoms with Gasteiger partial charge in [0.25, 0.3) is 11.6 Å². The van der Waals surface area contributed by atoms with E-state index < -0.39 is 10.8 Å². The maximum absolute atomic E-state index is 12.5. The molecule has 2 N–H and O–H groups in total. The van der Waals surface area contributed by atoms with Gasteiger partial charge in [-0.25, -0.2) is 0 Å². The highest BCUT2D eigenvalue weighted by Gasteiger charge is 2.31. The third-order valence-electron chi connectivity index (χ3n) is 3.44. The van der Waals surface area contributed by atoms with E-state index in [0.29, 0.717) is 19.5 Å². The minimum Gasteiger partial charge on any atom is -0.493 e. The summed E-state index contributed by atoms with van der Waals surface area (Å²) in [5.74, 6) is 0.0596. The van der Waals surface area contributed by atoms with Crippen LogP contribution in [0.15, 0.2) is 12.1 Å². The number of methoxy groups -OCH3 is 2. The number of nitrogens with two attached hydrogens (primary N) is 1. The average molecular weight is 295 g/mol. The number of nitrogens with zero attached hydrogens (tertiary/aromatic N) is 2. The Morgan fingerprint density at radius 3 is 2.48 bits per heavy atom. The predicted octanol–water partition coefficient (Wildman–Crippen LogP) is 0.785. The van der Waals surface area contributed by atoms with Gasteiger partial charge in [-0.05, 0) is 6.42 Å². The van der Waals surface area contributed by atoms with Gasteiger partial charge in [0.05, 0.1) is 25.2 Å². The molecule has 8 nitrogen and oxygen atoms in total. The first-order valence-corrected chi connectivity index (χ1v) is 6.43. The van der Waals surface area contributed by atoms with E-state index in [1.54, 1.807) is 0 Å². The van der Waals surface area contributed by atoms with Gasteiger partial charge < -0.3 is 20.1 Å². The quantitative estimate of drug-likeness (QED) is 0.649. The molecule has 1 heterocycles. The summed E-state index contributed by atoms with van der Waals surface area (Å²) in [6.07, 6.45) is 0.687. The van der Waals surface area contributed by atoms with Crippen LogP contribution < -0.4 is 15.2 Å². The molecule has 1 saturated heterocycles. The van der Waals surface area contributed by atoms with Crippen LogP contribution in [-0.4, -0.2) is 49.1 Å². The number of rotatable bonds is 4. The van der Waals surface area contributed by atoms with Crippen molar-refractivity contribution in [2.24, 2.45) is 5.73 Å². The number of amides is 1. The Bertz CT molecular complexity index is 575. The van der Waals surface area contributed by atoms with Crippen LogP contribution in [0.4, 0.5) is 5.69 Å². The first-order chi connectivity index (χ1) is 9.97. The number of benzene rings is 1. The zero-order valence-electron chi connectivity index (χ0n) is 11.9. The molecule has 0 bridgehead atoms. The lowest BCUT2D eigenvalue weighted by molar-refractivity contribution is -0.385. The number of nitro benzene ring substituents is 1. The SMILES string of the molecule is COc1cc(C(=O)N2CCC(N)C2)c([N+](=O)[O-])cc1OC. The van der Waals surface area contributed by atoms with Crippen LogP contribution >= 0.6 is 0 Å². The third-order valence-corrected chi connectivity index (χ3v) is 3.44. The fraction of sp³-hybridized carbons (Fsp3) is 0.462. The Labute approximate surface area is 121 Å². The molecule has 0 aromatic heterocycles. The van der Waals surface area contributed by atoms with E-state index in [0.717, 1.165) is 0 Å². The standard InChI is InChI=1S/C13H17N3O5/c1-20-11-5-9(10(16(18)19)6-12(11)21-2)13(17)15-4-3-8(14)7-15/h5-6,8H,3-4,7,14H2,1-2H3. The fourth-order valence-corrected chi connectivity index (χ4v) is 2.33. The highest BCUT2D eigenvalue weighted by atomic mass is 16.6. The molecule has 1 aromatic carbocycles. The zero-order chi connectivity index (χ0) is 15.6. The molecule has 1 fully saturated rings. The Morgan fingerprint density at radius 2 is 2.00 bits per heavy atom. The molecule has 0 spiro atoms. The Hall–Kier alpha value is -2.35. The molecule has 1 aliphatic rings. The second kappa shape index (κ2) is 5.96. The van der Waals surface area contributed by atoms with Gasteiger partial charge >= 0.3 is 0 Å². The molecule has 1 aliphatic heterocycles. The van der Waals surface area contributed by atoms with Crippen molar-refractivity contribution in [3.05, 3.63) is 27.8 Å². The third kappa shape index (κ3) is 2.89. The second-order valence-corrected chi connectivity index (χ2v) is 4.78. The van der Waals surface area contributed by atoms with Crippen molar-refractivity contribution in [2.75, 3.05) is 27.3 Å². The summed E-state index contributed by atoms with van der Waals surface area (Å²) >= 11 is 0. The van der Waals surface area contributed by atoms with Gasteiger partial charge in [0.2, 0.25) is 0 Å². The monoisotopic (exact) mass is 295 g/mol. The topological polar surface area (TPSA) is 108 Å². The van der Waals surface area contributed by atoms with Crippen molar-refractivity contribution >= 4 is 11.6 Å². The van der Waals surface area contributed by atoms with E-state index in [1.165, 1.54) is 31.3 Å². The molecule has 8 heteroatoms. The fourth-order valence-electron chi connectivity index (χ4n) is 2.33. The van der Waals surface area contributed by atoms with Crippen LogP contribution in [0.25, 0.3) is 0 Å². The number of hydrogen-bond acceptors (Lipinski definition) is 6. The van der Waals surface area contributed by atoms with Crippen LogP contribution in [0.1, 0.15) is 16.8 Å². The number of carbonyl (C=O) groups excluding carboxylic acids is 1. The highest BCUT2D eigenvalue weighted by Crippen LogP contribution is 2.35. The Morgan fingerprint density at radius 1 is 1.38 bits per heavy atom. The van der Waals surface area contributed by atoms with E-state index in [9.17, 15) is 14.9 Å². The summed E-state index contributed by atoms with van der Waals surface area (Å²) in [4.78, 5) is 24.5. The van der Waals surface area contributed by atoms with Crippen LogP contribution in [0, 0.1) is 10.1 Å². The molecule has 2 rings (SSSR count). The summed E-state index contributed by atoms with van der Waals surface area (Å²) < 4.78 is 10.1. The Balaban J connectivity index is 2.45. The van der Waals surface area contributed by atoms with Gasteiger partial charge in [0.15, 0.2) is 11.5 Å². The molecular weight excluding hydrogens is 278 g/mol. The molecule has 0 radical (unpaired) electrons. The average Bonchev–Trinajstić information content (AvgIpc) is 2.91. The maximum atomic E-state index is 12.5. The van der Waals surface area contributed by atoms with E-state index in [1.807, 2.05) is 0 Å². The molecule has 1 atom stereocenters. The van der Waals surface area contributed by atoms with Crippen molar-refractivity contribution in [1.82, 2.24) is 4.90 Å². The van der Waals surface area contributed by atoms with Crippen molar-refractivity contribution < 1.29 is 19.2 Å². The van der Waals surface area contributed by atoms with E-state index in [-0.39, 0.29) is 28.8 Å². The number of ether oxygens (including phenoxy) is 2. The van der Waals surface area contributed by atoms with Gasteiger partial charge in [-0.15, -0.1) is 0 Å². The second-order valence-electron chi connectivity index (χ2n) is 4.78. The van der Waals surface area contributed by atoms with Crippen molar-refractivity contribution in [1.29, 1.82) is 0 Å². The molecular formula is C13H17N3O5. The van der Waals surface area contributed by atoms with Gasteiger partial charge in [-0.2, -0.15) is 0 Å². The van der Waals surface area contributed by atoms with Gasteiger partial charge in [0, 0.05) is 25.2 Å². The lowest BCUT2D eigenvalue weighted by atomic mass is 10.1. The Kier molecular flexibility index (Phi) is 4.27. The van der Waals surface area contributed by atoms with Gasteiger partial charge in [0.1, 0.15) is 5.56 Å². The molecule has 114 valence electrons. The molecule has 0 aliphatic carbocycles. The minimum atomic E-state index is -0.606. The summed E-state index contributed by atoms with van der Waals surface area (Å²) in [6, 6.07) is 2.44. The molecule has 1 amide bonds. The van der Waals surface area contributed by atoms with Crippen LogP contribution in [0.5, 0.6) is 11.5 Å². The number of carbonyl (C=O) groups is 1. The molecule has 1 aromatic rings. The van der Waals surface area contributed by atoms with Gasteiger partial charge in [-0.1, -0.05) is 0 Å². The van der Waals surface area contributed by atoms with Crippen LogP contribution in [-0.2, 0) is 0 Å². The van der Waals surface area contributed by atoms with Crippen molar-refractivity contribution in [3.63, 3.8) is 0 Å². The first kappa shape index (κ1) is 15.0. The van der Waals surface area contributed by atoms with Crippen molar-refractivity contribution in [3.8, 4) is 11.5 Å². The summed E-state index contributed by atoms with van der Waals surface area (Å²) in [5, 5.41) is 11.2. The maximum Gasteiger partial charge on any atom is 0.286 e. The first-order valence-electron chi connectivity index (χ1n) is 6.43. The predicted molar refractivity (Wildman–Crippen MR) is 74.7 cm³/mol. The lowest BCUT2D eigenvalue weighted by Crippen LogP contribution is -2.32. The summed E-state index contributed by atoms with van der Waals surface area (Å²) in [7, 11) is 2.78. The number of likely N-dealkylation sites (tertiary alicyclic amines) is 1. The largest absolute Gasteiger partial charge is 0.493 e. The van der Waals surface area contributed by atoms with E-state index >= 15 is 0 Å². The smallest absolute Gasteiger partial charge is 0.286 e. The lowest BCUT2D eigenvalue weighted by Gasteiger charge is -2.17. The van der Waals surface area contributed by atoms with Crippen LogP contribution in [0.3, 0.4) is 0 Å². The number of hydrogen-bond donors (Lipinski definition) is 1. The molecule has 21 heavy (non-hydrogen) atoms. The van der Waals surface area contributed by atoms with Crippen LogP contribution in [0.2, 0.25) is 0 Å². The number of nitro groups is 1. The summed E-state index contributed by atoms with van der Waals surface area (Å²) in [6.45, 7) is 0.885.